The molecule has 5 nitrogen and oxygen atoms in total. The number of oxime groups is 1. The van der Waals surface area contributed by atoms with E-state index >= 15 is 0 Å². The van der Waals surface area contributed by atoms with E-state index in [1.165, 1.54) is 13.3 Å². The molecule has 0 amide bonds. The van der Waals surface area contributed by atoms with Crippen molar-refractivity contribution in [1.29, 1.82) is 0 Å². The number of carbonyl (C=O) groups excluding carboxylic acids is 2. The smallest absolute Gasteiger partial charge is 0.364 e. The lowest BCUT2D eigenvalue weighted by molar-refractivity contribution is -0.136. The summed E-state index contributed by atoms with van der Waals surface area (Å²) in [4.78, 5) is 28.1. The Balaban J connectivity index is 2.59. The number of esters is 1. The van der Waals surface area contributed by atoms with E-state index in [9.17, 15) is 9.59 Å². The number of nitrogens with zero attached hydrogens (tertiary/aromatic N) is 1. The molecule has 0 aromatic rings. The van der Waals surface area contributed by atoms with Gasteiger partial charge in [-0.2, -0.15) is 0 Å². The van der Waals surface area contributed by atoms with Crippen LogP contribution >= 0.6 is 0 Å². The molecule has 0 radical (unpaired) electrons. The van der Waals surface area contributed by atoms with Crippen LogP contribution in [-0.2, 0) is 19.2 Å². The second-order valence-electron chi connectivity index (χ2n) is 4.72. The first kappa shape index (κ1) is 14.7. The number of Topliss-reactive ketones (excluding diaryl/α,β-unsaturated/α-hetero) is 1. The standard InChI is InChI=1S/C13H21NO4/c1-4-17-13(16)12(10(3)15)14-18-11-7-5-6-9(2)8-11/h9,11H,4-8H2,1-3H3/t9-,11-/m1/s1. The Morgan fingerprint density at radius 1 is 1.33 bits per heavy atom. The van der Waals surface area contributed by atoms with Gasteiger partial charge in [0.1, 0.15) is 6.10 Å². The molecule has 0 unspecified atom stereocenters. The second-order valence-corrected chi connectivity index (χ2v) is 4.72. The average Bonchev–Trinajstić information content (AvgIpc) is 2.29. The number of hydrogen-bond donors (Lipinski definition) is 0. The van der Waals surface area contributed by atoms with Crippen molar-refractivity contribution in [2.45, 2.75) is 52.6 Å². The molecule has 2 atom stereocenters. The van der Waals surface area contributed by atoms with Crippen molar-refractivity contribution in [2.24, 2.45) is 11.1 Å². The van der Waals surface area contributed by atoms with Gasteiger partial charge in [-0.15, -0.1) is 0 Å². The van der Waals surface area contributed by atoms with Crippen LogP contribution in [0.15, 0.2) is 5.16 Å². The SMILES string of the molecule is CCOC(=O)C(=NO[C@@H]1CCC[C@@H](C)C1)C(C)=O. The lowest BCUT2D eigenvalue weighted by Gasteiger charge is -2.24. The van der Waals surface area contributed by atoms with Gasteiger partial charge in [0.05, 0.1) is 6.61 Å². The van der Waals surface area contributed by atoms with Crippen LogP contribution in [0.2, 0.25) is 0 Å². The Morgan fingerprint density at radius 3 is 2.61 bits per heavy atom. The fourth-order valence-electron chi connectivity index (χ4n) is 2.05. The molecule has 0 aromatic carbocycles. The summed E-state index contributed by atoms with van der Waals surface area (Å²) in [6.45, 7) is 5.34. The van der Waals surface area contributed by atoms with E-state index in [-0.39, 0.29) is 18.4 Å². The Hall–Kier alpha value is -1.39. The van der Waals surface area contributed by atoms with Gasteiger partial charge in [0.25, 0.3) is 0 Å². The minimum Gasteiger partial charge on any atom is -0.461 e. The average molecular weight is 255 g/mol. The highest BCUT2D eigenvalue weighted by Gasteiger charge is 2.23. The Labute approximate surface area is 108 Å². The molecule has 1 rings (SSSR count). The Morgan fingerprint density at radius 2 is 2.06 bits per heavy atom. The van der Waals surface area contributed by atoms with Crippen molar-refractivity contribution in [3.8, 4) is 0 Å². The summed E-state index contributed by atoms with van der Waals surface area (Å²) in [7, 11) is 0. The quantitative estimate of drug-likeness (QED) is 0.326. The minimum absolute atomic E-state index is 0.00229. The Kier molecular flexibility index (Phi) is 5.82. The molecule has 0 saturated heterocycles. The van der Waals surface area contributed by atoms with Gasteiger partial charge in [-0.1, -0.05) is 18.5 Å². The molecule has 0 heterocycles. The van der Waals surface area contributed by atoms with Crippen molar-refractivity contribution in [1.82, 2.24) is 0 Å². The monoisotopic (exact) mass is 255 g/mol. The van der Waals surface area contributed by atoms with Gasteiger partial charge in [-0.05, 0) is 32.1 Å². The first-order chi connectivity index (χ1) is 8.54. The fraction of sp³-hybridized carbons (Fsp3) is 0.769. The first-order valence-corrected chi connectivity index (χ1v) is 6.46. The van der Waals surface area contributed by atoms with Crippen LogP contribution in [0.1, 0.15) is 46.5 Å². The number of ketones is 1. The van der Waals surface area contributed by atoms with Gasteiger partial charge in [0.15, 0.2) is 5.78 Å². The molecule has 1 aliphatic carbocycles. The van der Waals surface area contributed by atoms with Crippen LogP contribution in [0, 0.1) is 5.92 Å². The van der Waals surface area contributed by atoms with Gasteiger partial charge in [0, 0.05) is 6.92 Å². The summed E-state index contributed by atoms with van der Waals surface area (Å²) in [5, 5.41) is 3.69. The molecule has 5 heteroatoms. The third-order valence-corrected chi connectivity index (χ3v) is 2.98. The summed E-state index contributed by atoms with van der Waals surface area (Å²) < 4.78 is 4.76. The molecule has 0 aromatic heterocycles. The predicted octanol–water partition coefficient (Wildman–Crippen LogP) is 2.09. The van der Waals surface area contributed by atoms with Crippen molar-refractivity contribution in [3.63, 3.8) is 0 Å². The fourth-order valence-corrected chi connectivity index (χ4v) is 2.05. The maximum absolute atomic E-state index is 11.5. The molecular weight excluding hydrogens is 234 g/mol. The predicted molar refractivity (Wildman–Crippen MR) is 67.3 cm³/mol. The first-order valence-electron chi connectivity index (χ1n) is 6.46. The van der Waals surface area contributed by atoms with Crippen LogP contribution in [0.3, 0.4) is 0 Å². The van der Waals surface area contributed by atoms with Crippen molar-refractivity contribution >= 4 is 17.5 Å². The van der Waals surface area contributed by atoms with Crippen molar-refractivity contribution in [2.75, 3.05) is 6.61 Å². The van der Waals surface area contributed by atoms with Crippen molar-refractivity contribution < 1.29 is 19.2 Å². The summed E-state index contributed by atoms with van der Waals surface area (Å²) in [6, 6.07) is 0. The molecule has 0 N–H and O–H groups in total. The third-order valence-electron chi connectivity index (χ3n) is 2.98. The van der Waals surface area contributed by atoms with Crippen LogP contribution in [0.5, 0.6) is 0 Å². The summed E-state index contributed by atoms with van der Waals surface area (Å²) in [5.74, 6) is -0.548. The number of hydrogen-bond acceptors (Lipinski definition) is 5. The van der Waals surface area contributed by atoms with Gasteiger partial charge in [-0.3, -0.25) is 4.79 Å². The summed E-state index contributed by atoms with van der Waals surface area (Å²) >= 11 is 0. The van der Waals surface area contributed by atoms with E-state index in [0.717, 1.165) is 19.3 Å². The minimum atomic E-state index is -0.714. The maximum atomic E-state index is 11.5. The van der Waals surface area contributed by atoms with Crippen LogP contribution in [0.4, 0.5) is 0 Å². The number of carbonyl (C=O) groups is 2. The molecule has 0 aliphatic heterocycles. The Bertz CT molecular complexity index is 338. The zero-order chi connectivity index (χ0) is 13.5. The molecular formula is C13H21NO4. The second kappa shape index (κ2) is 7.13. The van der Waals surface area contributed by atoms with E-state index in [2.05, 4.69) is 12.1 Å². The van der Waals surface area contributed by atoms with Gasteiger partial charge < -0.3 is 9.57 Å². The van der Waals surface area contributed by atoms with Gasteiger partial charge in [0.2, 0.25) is 5.71 Å². The highest BCUT2D eigenvalue weighted by Crippen LogP contribution is 2.25. The van der Waals surface area contributed by atoms with Crippen LogP contribution in [0.25, 0.3) is 0 Å². The molecule has 0 spiro atoms. The molecule has 1 saturated carbocycles. The largest absolute Gasteiger partial charge is 0.461 e. The topological polar surface area (TPSA) is 65.0 Å². The van der Waals surface area contributed by atoms with Gasteiger partial charge >= 0.3 is 5.97 Å². The lowest BCUT2D eigenvalue weighted by Crippen LogP contribution is -2.27. The van der Waals surface area contributed by atoms with Crippen LogP contribution < -0.4 is 0 Å². The highest BCUT2D eigenvalue weighted by atomic mass is 16.6. The molecule has 18 heavy (non-hydrogen) atoms. The van der Waals surface area contributed by atoms with E-state index in [1.807, 2.05) is 0 Å². The third kappa shape index (κ3) is 4.47. The highest BCUT2D eigenvalue weighted by molar-refractivity contribution is 6.63. The van der Waals surface area contributed by atoms with Gasteiger partial charge in [-0.25, -0.2) is 4.79 Å². The summed E-state index contributed by atoms with van der Waals surface area (Å²) in [5.41, 5.74) is -0.255. The molecule has 1 aliphatic rings. The molecule has 1 fully saturated rings. The van der Waals surface area contributed by atoms with E-state index in [1.54, 1.807) is 6.92 Å². The van der Waals surface area contributed by atoms with E-state index in [4.69, 9.17) is 9.57 Å². The number of rotatable bonds is 5. The van der Waals surface area contributed by atoms with Crippen molar-refractivity contribution in [3.05, 3.63) is 0 Å². The van der Waals surface area contributed by atoms with E-state index in [0.29, 0.717) is 5.92 Å². The van der Waals surface area contributed by atoms with E-state index < -0.39 is 11.8 Å². The lowest BCUT2D eigenvalue weighted by atomic mass is 9.89. The molecule has 0 bridgehead atoms. The number of ether oxygens (including phenoxy) is 1. The summed E-state index contributed by atoms with van der Waals surface area (Å²) in [6.07, 6.45) is 4.12. The molecule has 102 valence electrons. The zero-order valence-corrected chi connectivity index (χ0v) is 11.3. The van der Waals surface area contributed by atoms with Crippen LogP contribution in [-0.4, -0.2) is 30.2 Å². The maximum Gasteiger partial charge on any atom is 0.364 e. The zero-order valence-electron chi connectivity index (χ0n) is 11.3. The normalized spacial score (nSPS) is 24.5.